The Balaban J connectivity index is 1.76. The number of nitrogens with one attached hydrogen (secondary N) is 2. The van der Waals surface area contributed by atoms with E-state index in [1.165, 1.54) is 0 Å². The van der Waals surface area contributed by atoms with Crippen LogP contribution in [0.25, 0.3) is 0 Å². The molecule has 1 heterocycles. The normalized spacial score (nSPS) is 10.7. The van der Waals surface area contributed by atoms with Crippen molar-refractivity contribution in [2.45, 2.75) is 40.7 Å². The van der Waals surface area contributed by atoms with Crippen LogP contribution in [0.15, 0.2) is 48.5 Å². The Morgan fingerprint density at radius 1 is 0.897 bits per heavy atom. The van der Waals surface area contributed by atoms with Gasteiger partial charge < -0.3 is 15.4 Å². The van der Waals surface area contributed by atoms with Crippen molar-refractivity contribution in [1.29, 1.82) is 0 Å². The topological polar surface area (TPSA) is 76.1 Å². The summed E-state index contributed by atoms with van der Waals surface area (Å²) in [5, 5.41) is 6.13. The third-order valence-electron chi connectivity index (χ3n) is 4.05. The fourth-order valence-corrected chi connectivity index (χ4v) is 3.03. The smallest absolute Gasteiger partial charge is 0.274 e. The molecule has 3 aromatic rings. The Kier molecular flexibility index (Phi) is 6.12. The van der Waals surface area contributed by atoms with Crippen LogP contribution in [0, 0.1) is 20.8 Å². The third kappa shape index (κ3) is 5.78. The molecule has 0 bridgehead atoms. The van der Waals surface area contributed by atoms with Gasteiger partial charge >= 0.3 is 0 Å². The first-order valence-corrected chi connectivity index (χ1v) is 9.57. The van der Waals surface area contributed by atoms with Crippen LogP contribution in [0.5, 0.6) is 5.75 Å². The van der Waals surface area contributed by atoms with E-state index in [0.717, 1.165) is 28.3 Å². The van der Waals surface area contributed by atoms with Crippen LogP contribution in [-0.2, 0) is 0 Å². The van der Waals surface area contributed by atoms with Gasteiger partial charge in [-0.25, -0.2) is 9.97 Å². The molecular formula is C23H26N4O2. The SMILES string of the molecule is Cc1cc(C)cc(NC(=O)c2cc(Nc3ccc(OC(C)C)cc3)nc(C)n2)c1. The number of benzene rings is 2. The maximum absolute atomic E-state index is 12.7. The zero-order valence-corrected chi connectivity index (χ0v) is 17.4. The van der Waals surface area contributed by atoms with Crippen molar-refractivity contribution in [3.8, 4) is 5.75 Å². The fraction of sp³-hybridized carbons (Fsp3) is 0.261. The first-order chi connectivity index (χ1) is 13.8. The second-order valence-corrected chi connectivity index (χ2v) is 7.33. The van der Waals surface area contributed by atoms with E-state index in [4.69, 9.17) is 4.74 Å². The molecular weight excluding hydrogens is 364 g/mol. The van der Waals surface area contributed by atoms with E-state index in [0.29, 0.717) is 17.3 Å². The minimum absolute atomic E-state index is 0.122. The van der Waals surface area contributed by atoms with Crippen LogP contribution < -0.4 is 15.4 Å². The van der Waals surface area contributed by atoms with E-state index >= 15 is 0 Å². The third-order valence-corrected chi connectivity index (χ3v) is 4.05. The maximum Gasteiger partial charge on any atom is 0.274 e. The van der Waals surface area contributed by atoms with Crippen molar-refractivity contribution >= 4 is 23.1 Å². The average Bonchev–Trinajstić information content (AvgIpc) is 2.61. The molecule has 2 N–H and O–H groups in total. The van der Waals surface area contributed by atoms with Gasteiger partial charge in [0.2, 0.25) is 0 Å². The van der Waals surface area contributed by atoms with Crippen LogP contribution in [-0.4, -0.2) is 22.0 Å². The maximum atomic E-state index is 12.7. The molecule has 3 rings (SSSR count). The number of amides is 1. The van der Waals surface area contributed by atoms with Gasteiger partial charge in [0.1, 0.15) is 23.1 Å². The summed E-state index contributed by atoms with van der Waals surface area (Å²) in [5.41, 5.74) is 4.08. The quantitative estimate of drug-likeness (QED) is 0.606. The van der Waals surface area contributed by atoms with Gasteiger partial charge in [-0.05, 0) is 82.1 Å². The lowest BCUT2D eigenvalue weighted by Gasteiger charge is -2.12. The van der Waals surface area contributed by atoms with Crippen LogP contribution in [0.4, 0.5) is 17.2 Å². The summed E-state index contributed by atoms with van der Waals surface area (Å²) in [4.78, 5) is 21.4. The standard InChI is InChI=1S/C23H26N4O2/c1-14(2)29-20-8-6-18(7-9-20)26-22-13-21(24-17(5)25-22)23(28)27-19-11-15(3)10-16(4)12-19/h6-14H,1-5H3,(H,27,28)(H,24,25,26). The number of carbonyl (C=O) groups is 1. The molecule has 0 radical (unpaired) electrons. The largest absolute Gasteiger partial charge is 0.491 e. The lowest BCUT2D eigenvalue weighted by molar-refractivity contribution is 0.102. The minimum atomic E-state index is -0.274. The molecule has 6 heteroatoms. The Bertz CT molecular complexity index is 994. The van der Waals surface area contributed by atoms with Gasteiger partial charge in [-0.15, -0.1) is 0 Å². The van der Waals surface area contributed by atoms with Crippen LogP contribution in [0.3, 0.4) is 0 Å². The Hall–Kier alpha value is -3.41. The van der Waals surface area contributed by atoms with E-state index in [1.807, 2.05) is 64.1 Å². The second kappa shape index (κ2) is 8.73. The van der Waals surface area contributed by atoms with E-state index in [1.54, 1.807) is 13.0 Å². The highest BCUT2D eigenvalue weighted by atomic mass is 16.5. The van der Waals surface area contributed by atoms with Crippen LogP contribution in [0.1, 0.15) is 41.3 Å². The lowest BCUT2D eigenvalue weighted by atomic mass is 10.1. The molecule has 0 saturated carbocycles. The number of aryl methyl sites for hydroxylation is 3. The molecule has 0 atom stereocenters. The predicted octanol–water partition coefficient (Wildman–Crippen LogP) is 5.18. The molecule has 0 saturated heterocycles. The van der Waals surface area contributed by atoms with Gasteiger partial charge in [0.05, 0.1) is 6.10 Å². The van der Waals surface area contributed by atoms with Gasteiger partial charge in [0, 0.05) is 17.4 Å². The minimum Gasteiger partial charge on any atom is -0.491 e. The van der Waals surface area contributed by atoms with Crippen molar-refractivity contribution in [2.75, 3.05) is 10.6 Å². The van der Waals surface area contributed by atoms with E-state index in [-0.39, 0.29) is 12.0 Å². The zero-order valence-electron chi connectivity index (χ0n) is 17.4. The Morgan fingerprint density at radius 3 is 2.17 bits per heavy atom. The molecule has 150 valence electrons. The molecule has 0 unspecified atom stereocenters. The number of hydrogen-bond acceptors (Lipinski definition) is 5. The molecule has 0 fully saturated rings. The molecule has 6 nitrogen and oxygen atoms in total. The summed E-state index contributed by atoms with van der Waals surface area (Å²) in [6, 6.07) is 15.2. The average molecular weight is 390 g/mol. The van der Waals surface area contributed by atoms with Gasteiger partial charge in [-0.2, -0.15) is 0 Å². The van der Waals surface area contributed by atoms with Gasteiger partial charge in [-0.3, -0.25) is 4.79 Å². The molecule has 29 heavy (non-hydrogen) atoms. The highest BCUT2D eigenvalue weighted by Gasteiger charge is 2.12. The zero-order chi connectivity index (χ0) is 21.0. The van der Waals surface area contributed by atoms with Crippen molar-refractivity contribution in [1.82, 2.24) is 9.97 Å². The molecule has 0 aliphatic heterocycles. The highest BCUT2D eigenvalue weighted by molar-refractivity contribution is 6.03. The van der Waals surface area contributed by atoms with Crippen molar-refractivity contribution in [3.63, 3.8) is 0 Å². The lowest BCUT2D eigenvalue weighted by Crippen LogP contribution is -2.15. The number of ether oxygens (including phenoxy) is 1. The molecule has 1 aromatic heterocycles. The van der Waals surface area contributed by atoms with E-state index in [9.17, 15) is 4.79 Å². The molecule has 0 spiro atoms. The summed E-state index contributed by atoms with van der Waals surface area (Å²) in [6.45, 7) is 9.73. The monoisotopic (exact) mass is 390 g/mol. The molecule has 2 aromatic carbocycles. The Morgan fingerprint density at radius 2 is 1.55 bits per heavy atom. The summed E-state index contributed by atoms with van der Waals surface area (Å²) in [5.74, 6) is 1.60. The number of nitrogens with zero attached hydrogens (tertiary/aromatic N) is 2. The predicted molar refractivity (Wildman–Crippen MR) is 116 cm³/mol. The van der Waals surface area contributed by atoms with E-state index in [2.05, 4.69) is 26.7 Å². The van der Waals surface area contributed by atoms with Gasteiger partial charge in [-0.1, -0.05) is 6.07 Å². The van der Waals surface area contributed by atoms with Crippen molar-refractivity contribution in [3.05, 3.63) is 71.2 Å². The van der Waals surface area contributed by atoms with Crippen molar-refractivity contribution < 1.29 is 9.53 Å². The van der Waals surface area contributed by atoms with Crippen molar-refractivity contribution in [2.24, 2.45) is 0 Å². The summed E-state index contributed by atoms with van der Waals surface area (Å²) in [6.07, 6.45) is 0.122. The summed E-state index contributed by atoms with van der Waals surface area (Å²) < 4.78 is 5.66. The number of rotatable bonds is 6. The number of aromatic nitrogens is 2. The van der Waals surface area contributed by atoms with E-state index < -0.39 is 0 Å². The van der Waals surface area contributed by atoms with Crippen LogP contribution >= 0.6 is 0 Å². The van der Waals surface area contributed by atoms with Crippen LogP contribution in [0.2, 0.25) is 0 Å². The first kappa shape index (κ1) is 20.3. The molecule has 0 aliphatic carbocycles. The summed E-state index contributed by atoms with van der Waals surface area (Å²) in [7, 11) is 0. The first-order valence-electron chi connectivity index (χ1n) is 9.57. The van der Waals surface area contributed by atoms with Gasteiger partial charge in [0.25, 0.3) is 5.91 Å². The number of anilines is 3. The summed E-state index contributed by atoms with van der Waals surface area (Å²) >= 11 is 0. The number of carbonyl (C=O) groups excluding carboxylic acids is 1. The molecule has 1 amide bonds. The second-order valence-electron chi connectivity index (χ2n) is 7.33. The number of hydrogen-bond donors (Lipinski definition) is 2. The highest BCUT2D eigenvalue weighted by Crippen LogP contribution is 2.21. The van der Waals surface area contributed by atoms with Gasteiger partial charge in [0.15, 0.2) is 0 Å². The Labute approximate surface area is 171 Å². The fourth-order valence-electron chi connectivity index (χ4n) is 3.03. The molecule has 0 aliphatic rings.